The summed E-state index contributed by atoms with van der Waals surface area (Å²) in [5.41, 5.74) is 7.71. The molecule has 90 valence electrons. The van der Waals surface area contributed by atoms with Crippen LogP contribution >= 0.6 is 0 Å². The summed E-state index contributed by atoms with van der Waals surface area (Å²) in [6, 6.07) is 3.89. The van der Waals surface area contributed by atoms with Gasteiger partial charge in [0.05, 0.1) is 18.2 Å². The van der Waals surface area contributed by atoms with Crippen molar-refractivity contribution in [1.82, 2.24) is 10.3 Å². The Morgan fingerprint density at radius 3 is 3.06 bits per heavy atom. The van der Waals surface area contributed by atoms with Crippen LogP contribution in [0, 0.1) is 12.8 Å². The van der Waals surface area contributed by atoms with Crippen molar-refractivity contribution in [2.75, 3.05) is 0 Å². The molecule has 1 aliphatic rings. The number of carbonyl (C=O) groups excluding carboxylic acids is 1. The summed E-state index contributed by atoms with van der Waals surface area (Å²) >= 11 is 0. The van der Waals surface area contributed by atoms with Gasteiger partial charge in [0.25, 0.3) is 0 Å². The van der Waals surface area contributed by atoms with Gasteiger partial charge in [-0.2, -0.15) is 0 Å². The van der Waals surface area contributed by atoms with Crippen molar-refractivity contribution in [3.8, 4) is 0 Å². The Balaban J connectivity index is 1.89. The van der Waals surface area contributed by atoms with Gasteiger partial charge in [-0.05, 0) is 25.0 Å². The Morgan fingerprint density at radius 2 is 2.41 bits per heavy atom. The molecule has 1 aromatic rings. The molecule has 0 bridgehead atoms. The first kappa shape index (κ1) is 11.8. The molecule has 0 aliphatic heterocycles. The fraction of sp³-hybridized carbons (Fsp3) is 0.385. The van der Waals surface area contributed by atoms with Gasteiger partial charge in [-0.3, -0.25) is 9.78 Å². The minimum Gasteiger partial charge on any atom is -0.350 e. The number of hydrogen-bond donors (Lipinski definition) is 2. The predicted molar refractivity (Wildman–Crippen MR) is 66.0 cm³/mol. The summed E-state index contributed by atoms with van der Waals surface area (Å²) in [6.45, 7) is 2.46. The molecule has 0 fully saturated rings. The molecule has 0 radical (unpaired) electrons. The molecule has 4 nitrogen and oxygen atoms in total. The van der Waals surface area contributed by atoms with E-state index < -0.39 is 0 Å². The number of rotatable bonds is 3. The molecule has 2 rings (SSSR count). The molecule has 2 atom stereocenters. The predicted octanol–water partition coefficient (Wildman–Crippen LogP) is 0.910. The lowest BCUT2D eigenvalue weighted by molar-refractivity contribution is -0.123. The molecule has 0 saturated heterocycles. The minimum absolute atomic E-state index is 0.0161. The van der Waals surface area contributed by atoms with Crippen LogP contribution < -0.4 is 11.1 Å². The molecule has 1 amide bonds. The molecule has 2 unspecified atom stereocenters. The largest absolute Gasteiger partial charge is 0.350 e. The van der Waals surface area contributed by atoms with Crippen LogP contribution in [0.5, 0.6) is 0 Å². The molecular formula is C13H17N3O. The summed E-state index contributed by atoms with van der Waals surface area (Å²) < 4.78 is 0. The molecule has 1 heterocycles. The Morgan fingerprint density at radius 1 is 1.59 bits per heavy atom. The van der Waals surface area contributed by atoms with E-state index in [0.717, 1.165) is 11.3 Å². The maximum absolute atomic E-state index is 11.8. The lowest BCUT2D eigenvalue weighted by Gasteiger charge is -2.11. The first-order valence-electron chi connectivity index (χ1n) is 5.79. The second kappa shape index (κ2) is 5.10. The van der Waals surface area contributed by atoms with Gasteiger partial charge in [0.2, 0.25) is 5.91 Å². The van der Waals surface area contributed by atoms with Crippen LogP contribution in [-0.4, -0.2) is 16.9 Å². The van der Waals surface area contributed by atoms with Crippen LogP contribution in [0.15, 0.2) is 30.5 Å². The monoisotopic (exact) mass is 231 g/mol. The van der Waals surface area contributed by atoms with Crippen molar-refractivity contribution in [2.45, 2.75) is 25.9 Å². The highest BCUT2D eigenvalue weighted by atomic mass is 16.1. The highest BCUT2D eigenvalue weighted by Crippen LogP contribution is 2.16. The van der Waals surface area contributed by atoms with Crippen molar-refractivity contribution in [3.63, 3.8) is 0 Å². The zero-order chi connectivity index (χ0) is 12.3. The molecule has 3 N–H and O–H groups in total. The number of pyridine rings is 1. The summed E-state index contributed by atoms with van der Waals surface area (Å²) in [6.07, 6.45) is 6.20. The lowest BCUT2D eigenvalue weighted by Crippen LogP contribution is -2.30. The average molecular weight is 231 g/mol. The Kier molecular flexibility index (Phi) is 3.54. The molecule has 1 aromatic heterocycles. The van der Waals surface area contributed by atoms with Crippen molar-refractivity contribution in [1.29, 1.82) is 0 Å². The SMILES string of the molecule is Cc1cccnc1CNC(=O)C1C=CC(N)C1. The summed E-state index contributed by atoms with van der Waals surface area (Å²) in [4.78, 5) is 16.1. The van der Waals surface area contributed by atoms with Crippen LogP contribution in [0.4, 0.5) is 0 Å². The number of carbonyl (C=O) groups is 1. The second-order valence-electron chi connectivity index (χ2n) is 4.38. The van der Waals surface area contributed by atoms with E-state index in [2.05, 4.69) is 10.3 Å². The van der Waals surface area contributed by atoms with Crippen LogP contribution in [0.3, 0.4) is 0 Å². The zero-order valence-corrected chi connectivity index (χ0v) is 9.89. The first-order chi connectivity index (χ1) is 8.16. The van der Waals surface area contributed by atoms with E-state index in [-0.39, 0.29) is 17.9 Å². The summed E-state index contributed by atoms with van der Waals surface area (Å²) in [5.74, 6) is -0.0618. The average Bonchev–Trinajstić information content (AvgIpc) is 2.74. The number of nitrogens with one attached hydrogen (secondary N) is 1. The van der Waals surface area contributed by atoms with Gasteiger partial charge in [0, 0.05) is 12.2 Å². The maximum Gasteiger partial charge on any atom is 0.227 e. The smallest absolute Gasteiger partial charge is 0.227 e. The van der Waals surface area contributed by atoms with Gasteiger partial charge >= 0.3 is 0 Å². The van der Waals surface area contributed by atoms with Crippen molar-refractivity contribution in [2.24, 2.45) is 11.7 Å². The lowest BCUT2D eigenvalue weighted by atomic mass is 10.1. The van der Waals surface area contributed by atoms with E-state index >= 15 is 0 Å². The molecule has 17 heavy (non-hydrogen) atoms. The third kappa shape index (κ3) is 2.91. The molecular weight excluding hydrogens is 214 g/mol. The number of aryl methyl sites for hydroxylation is 1. The van der Waals surface area contributed by atoms with E-state index in [1.165, 1.54) is 0 Å². The molecule has 0 aromatic carbocycles. The number of amides is 1. The summed E-state index contributed by atoms with van der Waals surface area (Å²) in [5, 5.41) is 2.89. The third-order valence-corrected chi connectivity index (χ3v) is 3.00. The van der Waals surface area contributed by atoms with E-state index in [0.29, 0.717) is 13.0 Å². The van der Waals surface area contributed by atoms with Crippen LogP contribution in [0.2, 0.25) is 0 Å². The normalized spacial score (nSPS) is 22.7. The van der Waals surface area contributed by atoms with Gasteiger partial charge in [-0.25, -0.2) is 0 Å². The number of aromatic nitrogens is 1. The van der Waals surface area contributed by atoms with E-state index in [1.54, 1.807) is 6.20 Å². The van der Waals surface area contributed by atoms with Gasteiger partial charge in [-0.15, -0.1) is 0 Å². The molecule has 0 spiro atoms. The Labute approximate surface area is 101 Å². The van der Waals surface area contributed by atoms with Gasteiger partial charge < -0.3 is 11.1 Å². The van der Waals surface area contributed by atoms with Gasteiger partial charge in [0.1, 0.15) is 0 Å². The summed E-state index contributed by atoms with van der Waals surface area (Å²) in [7, 11) is 0. The topological polar surface area (TPSA) is 68.0 Å². The van der Waals surface area contributed by atoms with Crippen LogP contribution in [-0.2, 0) is 11.3 Å². The fourth-order valence-electron chi connectivity index (χ4n) is 1.93. The minimum atomic E-state index is -0.0889. The quantitative estimate of drug-likeness (QED) is 0.760. The van der Waals surface area contributed by atoms with Crippen molar-refractivity contribution < 1.29 is 4.79 Å². The molecule has 1 aliphatic carbocycles. The van der Waals surface area contributed by atoms with E-state index in [9.17, 15) is 4.79 Å². The maximum atomic E-state index is 11.8. The van der Waals surface area contributed by atoms with Gasteiger partial charge in [0.15, 0.2) is 0 Å². The van der Waals surface area contributed by atoms with Crippen molar-refractivity contribution in [3.05, 3.63) is 41.7 Å². The van der Waals surface area contributed by atoms with E-state index in [4.69, 9.17) is 5.73 Å². The number of nitrogens with two attached hydrogens (primary N) is 1. The highest BCUT2D eigenvalue weighted by molar-refractivity contribution is 5.81. The Hall–Kier alpha value is -1.68. The van der Waals surface area contributed by atoms with Crippen LogP contribution in [0.1, 0.15) is 17.7 Å². The first-order valence-corrected chi connectivity index (χ1v) is 5.79. The third-order valence-electron chi connectivity index (χ3n) is 3.00. The fourth-order valence-corrected chi connectivity index (χ4v) is 1.93. The zero-order valence-electron chi connectivity index (χ0n) is 9.89. The Bertz CT molecular complexity index is 442. The van der Waals surface area contributed by atoms with Crippen LogP contribution in [0.25, 0.3) is 0 Å². The molecule has 0 saturated carbocycles. The number of nitrogens with zero attached hydrogens (tertiary/aromatic N) is 1. The standard InChI is InChI=1S/C13H17N3O/c1-9-3-2-6-15-12(9)8-16-13(17)10-4-5-11(14)7-10/h2-6,10-11H,7-8,14H2,1H3,(H,16,17). The van der Waals surface area contributed by atoms with E-state index in [1.807, 2.05) is 31.2 Å². The van der Waals surface area contributed by atoms with Gasteiger partial charge in [-0.1, -0.05) is 18.2 Å². The highest BCUT2D eigenvalue weighted by Gasteiger charge is 2.22. The second-order valence-corrected chi connectivity index (χ2v) is 4.38. The van der Waals surface area contributed by atoms with Crippen molar-refractivity contribution >= 4 is 5.91 Å². The molecule has 4 heteroatoms. The number of hydrogen-bond acceptors (Lipinski definition) is 3.